The van der Waals surface area contributed by atoms with E-state index in [-0.39, 0.29) is 11.3 Å². The fraction of sp³-hybridized carbons (Fsp3) is 0.308. The summed E-state index contributed by atoms with van der Waals surface area (Å²) in [5.74, 6) is -0.0151. The maximum absolute atomic E-state index is 13.1. The minimum absolute atomic E-state index is 0.0151. The molecule has 0 saturated carbocycles. The summed E-state index contributed by atoms with van der Waals surface area (Å²) in [6.45, 7) is 4.77. The van der Waals surface area contributed by atoms with E-state index in [2.05, 4.69) is 41.7 Å². The smallest absolute Gasteiger partial charge is 0.261 e. The highest BCUT2D eigenvalue weighted by atomic mass is 32.1. The predicted octanol–water partition coefficient (Wildman–Crippen LogP) is 4.93. The molecule has 1 saturated heterocycles. The highest BCUT2D eigenvalue weighted by Crippen LogP contribution is 2.35. The number of aryl methyl sites for hydroxylation is 1. The van der Waals surface area contributed by atoms with Crippen LogP contribution in [0.2, 0.25) is 0 Å². The van der Waals surface area contributed by atoms with Crippen molar-refractivity contribution >= 4 is 27.5 Å². The molecule has 2 aromatic heterocycles. The first kappa shape index (κ1) is 20.9. The van der Waals surface area contributed by atoms with Crippen LogP contribution in [0, 0.1) is 6.92 Å². The first-order valence-corrected chi connectivity index (χ1v) is 11.9. The number of ether oxygens (including phenoxy) is 1. The summed E-state index contributed by atoms with van der Waals surface area (Å²) in [5.41, 5.74) is 3.35. The van der Waals surface area contributed by atoms with E-state index in [0.717, 1.165) is 46.8 Å². The molecule has 0 atom stereocenters. The van der Waals surface area contributed by atoms with Crippen molar-refractivity contribution in [2.45, 2.75) is 31.7 Å². The van der Waals surface area contributed by atoms with E-state index in [1.807, 2.05) is 41.9 Å². The van der Waals surface area contributed by atoms with Gasteiger partial charge >= 0.3 is 0 Å². The summed E-state index contributed by atoms with van der Waals surface area (Å²) >= 11 is 1.52. The van der Waals surface area contributed by atoms with Gasteiger partial charge in [-0.25, -0.2) is 0 Å². The highest BCUT2D eigenvalue weighted by molar-refractivity contribution is 7.20. The predicted molar refractivity (Wildman–Crippen MR) is 128 cm³/mol. The highest BCUT2D eigenvalue weighted by Gasteiger charge is 2.35. The minimum Gasteiger partial charge on any atom is -0.381 e. The van der Waals surface area contributed by atoms with Gasteiger partial charge < -0.3 is 10.1 Å². The fourth-order valence-electron chi connectivity index (χ4n) is 4.55. The summed E-state index contributed by atoms with van der Waals surface area (Å²) in [4.78, 5) is 14.9. The SMILES string of the molecule is Cc1nn(Cc2ccccc2)c2sc(C(=O)NCC3(c4ccccc4)CCOCC3)cc12. The second-order valence-corrected chi connectivity index (χ2v) is 9.53. The number of fused-ring (bicyclic) bond motifs is 1. The third-order valence-electron chi connectivity index (χ3n) is 6.43. The van der Waals surface area contributed by atoms with Crippen molar-refractivity contribution in [1.82, 2.24) is 15.1 Å². The standard InChI is InChI=1S/C26H27N3O2S/c1-19-22-16-23(32-25(22)29(28-19)17-20-8-4-2-5-9-20)24(30)27-18-26(12-14-31-15-13-26)21-10-6-3-7-11-21/h2-11,16H,12-15,17-18H2,1H3,(H,27,30). The Morgan fingerprint density at radius 2 is 1.78 bits per heavy atom. The van der Waals surface area contributed by atoms with Gasteiger partial charge in [0.25, 0.3) is 5.91 Å². The van der Waals surface area contributed by atoms with Crippen LogP contribution < -0.4 is 5.32 Å². The molecule has 0 bridgehead atoms. The number of nitrogens with zero attached hydrogens (tertiary/aromatic N) is 2. The van der Waals surface area contributed by atoms with Gasteiger partial charge in [0, 0.05) is 30.6 Å². The Morgan fingerprint density at radius 1 is 1.09 bits per heavy atom. The van der Waals surface area contributed by atoms with Crippen LogP contribution in [0.5, 0.6) is 0 Å². The van der Waals surface area contributed by atoms with Crippen molar-refractivity contribution in [2.75, 3.05) is 19.8 Å². The molecule has 5 nitrogen and oxygen atoms in total. The van der Waals surface area contributed by atoms with Crippen LogP contribution in [0.15, 0.2) is 66.7 Å². The number of hydrogen-bond donors (Lipinski definition) is 1. The molecule has 1 aliphatic rings. The summed E-state index contributed by atoms with van der Waals surface area (Å²) < 4.78 is 7.63. The Bertz CT molecular complexity index is 1210. The Labute approximate surface area is 192 Å². The van der Waals surface area contributed by atoms with Crippen molar-refractivity contribution in [3.63, 3.8) is 0 Å². The molecule has 6 heteroatoms. The van der Waals surface area contributed by atoms with E-state index in [4.69, 9.17) is 9.84 Å². The van der Waals surface area contributed by atoms with E-state index in [0.29, 0.717) is 13.1 Å². The minimum atomic E-state index is -0.0775. The average Bonchev–Trinajstić information content (AvgIpc) is 3.41. The summed E-state index contributed by atoms with van der Waals surface area (Å²) in [7, 11) is 0. The normalized spacial score (nSPS) is 15.7. The first-order valence-electron chi connectivity index (χ1n) is 11.1. The second-order valence-electron chi connectivity index (χ2n) is 8.50. The molecule has 0 spiro atoms. The first-order chi connectivity index (χ1) is 15.6. The fourth-order valence-corrected chi connectivity index (χ4v) is 5.62. The van der Waals surface area contributed by atoms with Gasteiger partial charge in [0.15, 0.2) is 0 Å². The molecular formula is C26H27N3O2S. The van der Waals surface area contributed by atoms with Gasteiger partial charge in [-0.2, -0.15) is 5.10 Å². The van der Waals surface area contributed by atoms with Crippen LogP contribution in [0.4, 0.5) is 0 Å². The lowest BCUT2D eigenvalue weighted by Crippen LogP contribution is -2.44. The molecule has 4 aromatic rings. The summed E-state index contributed by atoms with van der Waals surface area (Å²) in [6, 6.07) is 22.8. The van der Waals surface area contributed by atoms with Crippen molar-refractivity contribution in [3.8, 4) is 0 Å². The number of amides is 1. The molecule has 5 rings (SSSR count). The molecule has 2 aromatic carbocycles. The van der Waals surface area contributed by atoms with Gasteiger partial charge in [0.1, 0.15) is 4.83 Å². The Balaban J connectivity index is 1.36. The van der Waals surface area contributed by atoms with Crippen molar-refractivity contribution in [1.29, 1.82) is 0 Å². The lowest BCUT2D eigenvalue weighted by atomic mass is 9.74. The van der Waals surface area contributed by atoms with Gasteiger partial charge in [-0.05, 0) is 37.0 Å². The number of aromatic nitrogens is 2. The quantitative estimate of drug-likeness (QED) is 0.458. The molecule has 32 heavy (non-hydrogen) atoms. The molecule has 0 aliphatic carbocycles. The van der Waals surface area contributed by atoms with E-state index in [1.54, 1.807) is 0 Å². The second kappa shape index (κ2) is 8.88. The molecule has 1 fully saturated rings. The van der Waals surface area contributed by atoms with Crippen LogP contribution in [-0.4, -0.2) is 35.4 Å². The number of carbonyl (C=O) groups excluding carboxylic acids is 1. The van der Waals surface area contributed by atoms with Crippen LogP contribution in [0.25, 0.3) is 10.2 Å². The van der Waals surface area contributed by atoms with Crippen molar-refractivity contribution in [2.24, 2.45) is 0 Å². The van der Waals surface area contributed by atoms with E-state index in [1.165, 1.54) is 22.5 Å². The topological polar surface area (TPSA) is 56.2 Å². The number of rotatable bonds is 6. The number of thiophene rings is 1. The van der Waals surface area contributed by atoms with E-state index in [9.17, 15) is 4.79 Å². The molecule has 164 valence electrons. The molecule has 1 N–H and O–H groups in total. The van der Waals surface area contributed by atoms with Crippen LogP contribution in [0.1, 0.15) is 39.3 Å². The number of carbonyl (C=O) groups is 1. The summed E-state index contributed by atoms with van der Waals surface area (Å²) in [6.07, 6.45) is 1.82. The Morgan fingerprint density at radius 3 is 2.50 bits per heavy atom. The molecule has 0 radical (unpaired) electrons. The Hall–Kier alpha value is -2.96. The monoisotopic (exact) mass is 445 g/mol. The number of hydrogen-bond acceptors (Lipinski definition) is 4. The van der Waals surface area contributed by atoms with Crippen LogP contribution in [-0.2, 0) is 16.7 Å². The molecule has 1 aliphatic heterocycles. The zero-order valence-corrected chi connectivity index (χ0v) is 19.0. The zero-order chi connectivity index (χ0) is 22.0. The maximum Gasteiger partial charge on any atom is 0.261 e. The molecule has 3 heterocycles. The van der Waals surface area contributed by atoms with E-state index >= 15 is 0 Å². The molecule has 0 unspecified atom stereocenters. The van der Waals surface area contributed by atoms with Gasteiger partial charge in [-0.3, -0.25) is 9.48 Å². The zero-order valence-electron chi connectivity index (χ0n) is 18.2. The van der Waals surface area contributed by atoms with Gasteiger partial charge in [0.2, 0.25) is 0 Å². The number of nitrogens with one attached hydrogen (secondary N) is 1. The molecule has 1 amide bonds. The van der Waals surface area contributed by atoms with Gasteiger partial charge in [-0.15, -0.1) is 11.3 Å². The van der Waals surface area contributed by atoms with Gasteiger partial charge in [-0.1, -0.05) is 60.7 Å². The maximum atomic E-state index is 13.1. The summed E-state index contributed by atoms with van der Waals surface area (Å²) in [5, 5.41) is 8.99. The van der Waals surface area contributed by atoms with Crippen LogP contribution >= 0.6 is 11.3 Å². The van der Waals surface area contributed by atoms with Crippen molar-refractivity contribution < 1.29 is 9.53 Å². The third kappa shape index (κ3) is 4.08. The number of benzene rings is 2. The van der Waals surface area contributed by atoms with Crippen LogP contribution in [0.3, 0.4) is 0 Å². The lowest BCUT2D eigenvalue weighted by molar-refractivity contribution is 0.0487. The molecular weight excluding hydrogens is 418 g/mol. The van der Waals surface area contributed by atoms with Crippen molar-refractivity contribution in [3.05, 3.63) is 88.4 Å². The Kier molecular flexibility index (Phi) is 5.81. The van der Waals surface area contributed by atoms with E-state index < -0.39 is 0 Å². The third-order valence-corrected chi connectivity index (χ3v) is 7.58. The lowest BCUT2D eigenvalue weighted by Gasteiger charge is -2.37. The largest absolute Gasteiger partial charge is 0.381 e. The van der Waals surface area contributed by atoms with Gasteiger partial charge in [0.05, 0.1) is 17.1 Å². The average molecular weight is 446 g/mol.